The minimum Gasteiger partial charge on any atom is -0.389 e. The standard InChI is InChI=1S/C18H26O2/c1-13(2)17-12-18(19,8-9-20-17)11-14-6-7-15-4-3-5-16(15)10-14/h6-7,10,13,17,19H,3-5,8-9,11-12H2,1-2H3. The average Bonchev–Trinajstić information content (AvgIpc) is 2.85. The Bertz CT molecular complexity index is 480. The lowest BCUT2D eigenvalue weighted by molar-refractivity contribution is -0.116. The Kier molecular flexibility index (Phi) is 3.87. The summed E-state index contributed by atoms with van der Waals surface area (Å²) >= 11 is 0. The van der Waals surface area contributed by atoms with Crippen molar-refractivity contribution in [3.63, 3.8) is 0 Å². The van der Waals surface area contributed by atoms with Crippen LogP contribution in [0.15, 0.2) is 18.2 Å². The molecule has 1 saturated heterocycles. The van der Waals surface area contributed by atoms with Gasteiger partial charge in [-0.2, -0.15) is 0 Å². The van der Waals surface area contributed by atoms with Crippen LogP contribution in [0.3, 0.4) is 0 Å². The lowest BCUT2D eigenvalue weighted by Gasteiger charge is -2.38. The van der Waals surface area contributed by atoms with Gasteiger partial charge in [-0.05, 0) is 48.3 Å². The maximum Gasteiger partial charge on any atom is 0.0734 e. The third kappa shape index (κ3) is 2.91. The highest BCUT2D eigenvalue weighted by molar-refractivity contribution is 5.35. The summed E-state index contributed by atoms with van der Waals surface area (Å²) in [6.45, 7) is 5.03. The molecule has 1 aromatic rings. The van der Waals surface area contributed by atoms with Crippen LogP contribution in [0.4, 0.5) is 0 Å². The molecule has 20 heavy (non-hydrogen) atoms. The fourth-order valence-electron chi connectivity index (χ4n) is 3.64. The number of aliphatic hydroxyl groups is 1. The molecule has 1 aromatic carbocycles. The second-order valence-electron chi connectivity index (χ2n) is 6.97. The molecule has 0 radical (unpaired) electrons. The molecule has 1 fully saturated rings. The summed E-state index contributed by atoms with van der Waals surface area (Å²) in [7, 11) is 0. The summed E-state index contributed by atoms with van der Waals surface area (Å²) in [6, 6.07) is 6.79. The fourth-order valence-corrected chi connectivity index (χ4v) is 3.64. The number of rotatable bonds is 3. The molecule has 2 nitrogen and oxygen atoms in total. The zero-order valence-electron chi connectivity index (χ0n) is 12.7. The van der Waals surface area contributed by atoms with Gasteiger partial charge in [-0.25, -0.2) is 0 Å². The van der Waals surface area contributed by atoms with Crippen molar-refractivity contribution in [2.45, 2.75) is 64.1 Å². The average molecular weight is 274 g/mol. The van der Waals surface area contributed by atoms with E-state index in [1.807, 2.05) is 0 Å². The van der Waals surface area contributed by atoms with Crippen molar-refractivity contribution >= 4 is 0 Å². The van der Waals surface area contributed by atoms with Crippen molar-refractivity contribution in [1.29, 1.82) is 0 Å². The van der Waals surface area contributed by atoms with E-state index >= 15 is 0 Å². The van der Waals surface area contributed by atoms with E-state index in [2.05, 4.69) is 32.0 Å². The molecule has 2 heteroatoms. The molecule has 0 spiro atoms. The first-order valence-electron chi connectivity index (χ1n) is 8.00. The highest BCUT2D eigenvalue weighted by Crippen LogP contribution is 2.32. The second kappa shape index (κ2) is 5.50. The Morgan fingerprint density at radius 3 is 2.90 bits per heavy atom. The Labute approximate surface area is 122 Å². The molecule has 1 N–H and O–H groups in total. The monoisotopic (exact) mass is 274 g/mol. The van der Waals surface area contributed by atoms with Crippen LogP contribution in [0.1, 0.15) is 49.8 Å². The quantitative estimate of drug-likeness (QED) is 0.916. The third-order valence-corrected chi connectivity index (χ3v) is 4.92. The number of aryl methyl sites for hydroxylation is 2. The maximum atomic E-state index is 10.9. The van der Waals surface area contributed by atoms with Crippen LogP contribution in [0.25, 0.3) is 0 Å². The molecule has 2 unspecified atom stereocenters. The van der Waals surface area contributed by atoms with Crippen molar-refractivity contribution in [2.75, 3.05) is 6.61 Å². The van der Waals surface area contributed by atoms with Crippen LogP contribution >= 0.6 is 0 Å². The topological polar surface area (TPSA) is 29.5 Å². The zero-order valence-corrected chi connectivity index (χ0v) is 12.7. The lowest BCUT2D eigenvalue weighted by atomic mass is 9.81. The first kappa shape index (κ1) is 14.1. The summed E-state index contributed by atoms with van der Waals surface area (Å²) in [4.78, 5) is 0. The number of benzene rings is 1. The van der Waals surface area contributed by atoms with Gasteiger partial charge in [0.25, 0.3) is 0 Å². The van der Waals surface area contributed by atoms with Gasteiger partial charge in [0, 0.05) is 19.4 Å². The third-order valence-electron chi connectivity index (χ3n) is 4.92. The lowest BCUT2D eigenvalue weighted by Crippen LogP contribution is -2.44. The van der Waals surface area contributed by atoms with Crippen LogP contribution in [0, 0.1) is 5.92 Å². The summed E-state index contributed by atoms with van der Waals surface area (Å²) in [5.41, 5.74) is 3.71. The molecule has 2 atom stereocenters. The first-order valence-corrected chi connectivity index (χ1v) is 8.00. The Balaban J connectivity index is 1.72. The van der Waals surface area contributed by atoms with Crippen LogP contribution in [0.5, 0.6) is 0 Å². The largest absolute Gasteiger partial charge is 0.389 e. The number of ether oxygens (including phenoxy) is 1. The molecule has 1 aliphatic heterocycles. The highest BCUT2D eigenvalue weighted by atomic mass is 16.5. The van der Waals surface area contributed by atoms with E-state index in [0.29, 0.717) is 12.5 Å². The Morgan fingerprint density at radius 1 is 1.30 bits per heavy atom. The van der Waals surface area contributed by atoms with Crippen LogP contribution in [-0.4, -0.2) is 23.4 Å². The molecule has 0 amide bonds. The van der Waals surface area contributed by atoms with E-state index in [-0.39, 0.29) is 6.10 Å². The van der Waals surface area contributed by atoms with Gasteiger partial charge < -0.3 is 9.84 Å². The van der Waals surface area contributed by atoms with Crippen molar-refractivity contribution in [2.24, 2.45) is 5.92 Å². The summed E-state index contributed by atoms with van der Waals surface area (Å²) in [6.07, 6.45) is 6.21. The summed E-state index contributed by atoms with van der Waals surface area (Å²) < 4.78 is 5.79. The summed E-state index contributed by atoms with van der Waals surface area (Å²) in [5, 5.41) is 10.9. The van der Waals surface area contributed by atoms with Crippen molar-refractivity contribution in [1.82, 2.24) is 0 Å². The van der Waals surface area contributed by atoms with E-state index in [1.54, 1.807) is 0 Å². The van der Waals surface area contributed by atoms with Gasteiger partial charge in [-0.1, -0.05) is 32.0 Å². The molecule has 110 valence electrons. The first-order chi connectivity index (χ1) is 9.56. The van der Waals surface area contributed by atoms with Crippen molar-refractivity contribution in [3.05, 3.63) is 34.9 Å². The maximum absolute atomic E-state index is 10.9. The Hall–Kier alpha value is -0.860. The van der Waals surface area contributed by atoms with Gasteiger partial charge in [-0.3, -0.25) is 0 Å². The molecule has 1 aliphatic carbocycles. The van der Waals surface area contributed by atoms with E-state index < -0.39 is 5.60 Å². The minimum absolute atomic E-state index is 0.197. The van der Waals surface area contributed by atoms with Gasteiger partial charge in [0.2, 0.25) is 0 Å². The molecule has 0 aromatic heterocycles. The smallest absolute Gasteiger partial charge is 0.0734 e. The normalized spacial score (nSPS) is 29.7. The van der Waals surface area contributed by atoms with E-state index in [0.717, 1.165) is 19.3 Å². The second-order valence-corrected chi connectivity index (χ2v) is 6.97. The van der Waals surface area contributed by atoms with Gasteiger partial charge in [0.1, 0.15) is 0 Å². The van der Waals surface area contributed by atoms with Crippen LogP contribution in [-0.2, 0) is 24.0 Å². The highest BCUT2D eigenvalue weighted by Gasteiger charge is 2.36. The molecule has 3 rings (SSSR count). The number of fused-ring (bicyclic) bond motifs is 1. The SMILES string of the molecule is CC(C)C1CC(O)(Cc2ccc3c(c2)CCC3)CCO1. The van der Waals surface area contributed by atoms with E-state index in [4.69, 9.17) is 4.74 Å². The molecule has 0 saturated carbocycles. The molecule has 0 bridgehead atoms. The van der Waals surface area contributed by atoms with Gasteiger partial charge in [-0.15, -0.1) is 0 Å². The summed E-state index contributed by atoms with van der Waals surface area (Å²) in [5.74, 6) is 0.474. The zero-order chi connectivity index (χ0) is 14.2. The number of hydrogen-bond donors (Lipinski definition) is 1. The van der Waals surface area contributed by atoms with Crippen molar-refractivity contribution < 1.29 is 9.84 Å². The minimum atomic E-state index is -0.583. The predicted molar refractivity (Wildman–Crippen MR) is 80.9 cm³/mol. The molecular weight excluding hydrogens is 248 g/mol. The van der Waals surface area contributed by atoms with Crippen molar-refractivity contribution in [3.8, 4) is 0 Å². The van der Waals surface area contributed by atoms with Gasteiger partial charge in [0.05, 0.1) is 11.7 Å². The fraction of sp³-hybridized carbons (Fsp3) is 0.667. The Morgan fingerprint density at radius 2 is 2.10 bits per heavy atom. The predicted octanol–water partition coefficient (Wildman–Crippen LogP) is 3.28. The van der Waals surface area contributed by atoms with E-state index in [9.17, 15) is 5.11 Å². The number of hydrogen-bond acceptors (Lipinski definition) is 2. The van der Waals surface area contributed by atoms with Gasteiger partial charge in [0.15, 0.2) is 0 Å². The van der Waals surface area contributed by atoms with Crippen LogP contribution < -0.4 is 0 Å². The molecular formula is C18H26O2. The van der Waals surface area contributed by atoms with Gasteiger partial charge >= 0.3 is 0 Å². The van der Waals surface area contributed by atoms with Crippen LogP contribution in [0.2, 0.25) is 0 Å². The van der Waals surface area contributed by atoms with E-state index in [1.165, 1.54) is 36.0 Å². The molecule has 2 aliphatic rings. The molecule has 1 heterocycles.